The highest BCUT2D eigenvalue weighted by molar-refractivity contribution is 5.83. The van der Waals surface area contributed by atoms with Gasteiger partial charge in [0.1, 0.15) is 5.82 Å². The zero-order chi connectivity index (χ0) is 10.8. The molecule has 0 unspecified atom stereocenters. The van der Waals surface area contributed by atoms with Crippen molar-refractivity contribution >= 4 is 22.4 Å². The molecule has 3 N–H and O–H groups in total. The molecule has 0 amide bonds. The Bertz CT molecular complexity index is 540. The Morgan fingerprint density at radius 1 is 1.13 bits per heavy atom. The molecule has 4 heteroatoms. The van der Waals surface area contributed by atoms with Gasteiger partial charge in [0.05, 0.1) is 5.52 Å². The van der Waals surface area contributed by atoms with Gasteiger partial charge in [0, 0.05) is 31.2 Å². The molecule has 15 heavy (non-hydrogen) atoms. The Morgan fingerprint density at radius 2 is 1.93 bits per heavy atom. The quantitative estimate of drug-likeness (QED) is 0.695. The van der Waals surface area contributed by atoms with E-state index in [1.165, 1.54) is 0 Å². The number of benzene rings is 1. The molecule has 0 aliphatic heterocycles. The van der Waals surface area contributed by atoms with Crippen molar-refractivity contribution in [3.05, 3.63) is 34.5 Å². The van der Waals surface area contributed by atoms with E-state index in [1.54, 1.807) is 13.1 Å². The minimum atomic E-state index is 0.0238. The summed E-state index contributed by atoms with van der Waals surface area (Å²) >= 11 is 0. The van der Waals surface area contributed by atoms with Gasteiger partial charge in [-0.05, 0) is 18.2 Å². The number of anilines is 2. The summed E-state index contributed by atoms with van der Waals surface area (Å²) in [5, 5.41) is 6.66. The van der Waals surface area contributed by atoms with Crippen LogP contribution in [0.4, 0.5) is 11.5 Å². The largest absolute Gasteiger partial charge is 0.388 e. The monoisotopic (exact) mass is 203 g/mol. The molecule has 1 aromatic heterocycles. The second-order valence-electron chi connectivity index (χ2n) is 3.31. The van der Waals surface area contributed by atoms with Gasteiger partial charge in [-0.1, -0.05) is 0 Å². The number of fused-ring (bicyclic) bond motifs is 1. The molecule has 0 spiro atoms. The first-order valence-electron chi connectivity index (χ1n) is 4.77. The number of nitrogens with one attached hydrogen (secondary N) is 3. The third kappa shape index (κ3) is 1.66. The number of pyridine rings is 1. The van der Waals surface area contributed by atoms with Crippen LogP contribution in [0.2, 0.25) is 0 Å². The summed E-state index contributed by atoms with van der Waals surface area (Å²) in [5.74, 6) is 0.723. The normalized spacial score (nSPS) is 10.3. The molecule has 0 atom stereocenters. The predicted molar refractivity (Wildman–Crippen MR) is 63.7 cm³/mol. The zero-order valence-corrected chi connectivity index (χ0v) is 8.72. The fourth-order valence-electron chi connectivity index (χ4n) is 1.54. The van der Waals surface area contributed by atoms with Gasteiger partial charge < -0.3 is 15.6 Å². The molecular weight excluding hydrogens is 190 g/mol. The van der Waals surface area contributed by atoms with Crippen molar-refractivity contribution in [2.45, 2.75) is 0 Å². The van der Waals surface area contributed by atoms with E-state index in [1.807, 2.05) is 25.2 Å². The molecule has 2 rings (SSSR count). The van der Waals surface area contributed by atoms with E-state index in [4.69, 9.17) is 0 Å². The van der Waals surface area contributed by atoms with Gasteiger partial charge in [0.2, 0.25) is 0 Å². The third-order valence-electron chi connectivity index (χ3n) is 2.39. The molecular formula is C11H13N3O. The van der Waals surface area contributed by atoms with Crippen molar-refractivity contribution < 1.29 is 0 Å². The van der Waals surface area contributed by atoms with Crippen LogP contribution in [0.1, 0.15) is 0 Å². The highest BCUT2D eigenvalue weighted by Crippen LogP contribution is 2.15. The van der Waals surface area contributed by atoms with Crippen molar-refractivity contribution in [2.24, 2.45) is 0 Å². The lowest BCUT2D eigenvalue weighted by molar-refractivity contribution is 1.33. The van der Waals surface area contributed by atoms with Gasteiger partial charge >= 0.3 is 0 Å². The molecule has 0 saturated carbocycles. The summed E-state index contributed by atoms with van der Waals surface area (Å²) in [6.45, 7) is 0. The van der Waals surface area contributed by atoms with Gasteiger partial charge in [-0.3, -0.25) is 4.79 Å². The maximum Gasteiger partial charge on any atom is 0.191 e. The lowest BCUT2D eigenvalue weighted by atomic mass is 10.2. The number of hydrogen-bond donors (Lipinski definition) is 3. The van der Waals surface area contributed by atoms with E-state index in [0.717, 1.165) is 17.0 Å². The van der Waals surface area contributed by atoms with Crippen molar-refractivity contribution in [1.29, 1.82) is 0 Å². The number of hydrogen-bond acceptors (Lipinski definition) is 3. The van der Waals surface area contributed by atoms with E-state index >= 15 is 0 Å². The van der Waals surface area contributed by atoms with Gasteiger partial charge in [0.15, 0.2) is 5.43 Å². The van der Waals surface area contributed by atoms with Crippen molar-refractivity contribution in [1.82, 2.24) is 4.98 Å². The van der Waals surface area contributed by atoms with Gasteiger partial charge in [0.25, 0.3) is 0 Å². The molecule has 78 valence electrons. The van der Waals surface area contributed by atoms with Crippen LogP contribution in [0.25, 0.3) is 10.9 Å². The number of aromatic amines is 1. The molecule has 2 aromatic rings. The fourth-order valence-corrected chi connectivity index (χ4v) is 1.54. The van der Waals surface area contributed by atoms with E-state index in [2.05, 4.69) is 15.6 Å². The van der Waals surface area contributed by atoms with E-state index in [0.29, 0.717) is 5.39 Å². The van der Waals surface area contributed by atoms with Crippen LogP contribution in [-0.4, -0.2) is 19.1 Å². The smallest absolute Gasteiger partial charge is 0.191 e. The average molecular weight is 203 g/mol. The zero-order valence-electron chi connectivity index (χ0n) is 8.72. The Balaban J connectivity index is 2.75. The van der Waals surface area contributed by atoms with Gasteiger partial charge in [-0.15, -0.1) is 0 Å². The second kappa shape index (κ2) is 3.65. The maximum atomic E-state index is 11.7. The highest BCUT2D eigenvalue weighted by Gasteiger charge is 2.01. The average Bonchev–Trinajstić information content (AvgIpc) is 2.28. The second-order valence-corrected chi connectivity index (χ2v) is 3.31. The molecule has 0 radical (unpaired) electrons. The first-order valence-corrected chi connectivity index (χ1v) is 4.77. The van der Waals surface area contributed by atoms with Crippen LogP contribution in [0.3, 0.4) is 0 Å². The number of H-pyrrole nitrogens is 1. The molecule has 0 aliphatic rings. The summed E-state index contributed by atoms with van der Waals surface area (Å²) in [4.78, 5) is 14.8. The van der Waals surface area contributed by atoms with Crippen LogP contribution in [0.5, 0.6) is 0 Å². The Morgan fingerprint density at radius 3 is 2.60 bits per heavy atom. The SMILES string of the molecule is CNc1ccc2c(=O)cc(NC)[nH]c2c1. The van der Waals surface area contributed by atoms with Gasteiger partial charge in [-0.2, -0.15) is 0 Å². The molecule has 0 fully saturated rings. The third-order valence-corrected chi connectivity index (χ3v) is 2.39. The predicted octanol–water partition coefficient (Wildman–Crippen LogP) is 1.61. The molecule has 4 nitrogen and oxygen atoms in total. The summed E-state index contributed by atoms with van der Waals surface area (Å²) in [6.07, 6.45) is 0. The first-order chi connectivity index (χ1) is 7.24. The maximum absolute atomic E-state index is 11.7. The van der Waals surface area contributed by atoms with Crippen LogP contribution in [-0.2, 0) is 0 Å². The Hall–Kier alpha value is -1.97. The standard InChI is InChI=1S/C11H13N3O/c1-12-7-3-4-8-9(5-7)14-11(13-2)6-10(8)15/h3-6,12H,1-2H3,(H2,13,14,15). The number of rotatable bonds is 2. The molecule has 0 saturated heterocycles. The Kier molecular flexibility index (Phi) is 2.33. The fraction of sp³-hybridized carbons (Fsp3) is 0.182. The van der Waals surface area contributed by atoms with Crippen LogP contribution in [0, 0.1) is 0 Å². The van der Waals surface area contributed by atoms with Crippen LogP contribution >= 0.6 is 0 Å². The van der Waals surface area contributed by atoms with Gasteiger partial charge in [-0.25, -0.2) is 0 Å². The summed E-state index contributed by atoms with van der Waals surface area (Å²) in [7, 11) is 3.63. The minimum Gasteiger partial charge on any atom is -0.388 e. The van der Waals surface area contributed by atoms with E-state index < -0.39 is 0 Å². The van der Waals surface area contributed by atoms with Crippen LogP contribution in [0.15, 0.2) is 29.1 Å². The molecule has 0 aliphatic carbocycles. The molecule has 1 aromatic carbocycles. The van der Waals surface area contributed by atoms with Crippen molar-refractivity contribution in [3.63, 3.8) is 0 Å². The highest BCUT2D eigenvalue weighted by atomic mass is 16.1. The van der Waals surface area contributed by atoms with Crippen molar-refractivity contribution in [2.75, 3.05) is 24.7 Å². The molecule has 1 heterocycles. The summed E-state index contributed by atoms with van der Waals surface area (Å²) in [5.41, 5.74) is 1.83. The minimum absolute atomic E-state index is 0.0238. The summed E-state index contributed by atoms with van der Waals surface area (Å²) in [6, 6.07) is 7.18. The molecule has 0 bridgehead atoms. The lowest BCUT2D eigenvalue weighted by Crippen LogP contribution is -2.05. The lowest BCUT2D eigenvalue weighted by Gasteiger charge is -2.05. The van der Waals surface area contributed by atoms with E-state index in [-0.39, 0.29) is 5.43 Å². The Labute approximate surface area is 87.3 Å². The first kappa shape index (κ1) is 9.58. The van der Waals surface area contributed by atoms with Crippen LogP contribution < -0.4 is 16.1 Å². The topological polar surface area (TPSA) is 56.9 Å². The van der Waals surface area contributed by atoms with Crippen molar-refractivity contribution in [3.8, 4) is 0 Å². The summed E-state index contributed by atoms with van der Waals surface area (Å²) < 4.78 is 0. The van der Waals surface area contributed by atoms with E-state index in [9.17, 15) is 4.79 Å². The number of aromatic nitrogens is 1.